The van der Waals surface area contributed by atoms with Gasteiger partial charge in [-0.3, -0.25) is 4.90 Å². The Labute approximate surface area is 153 Å². The smallest absolute Gasteiger partial charge is 0.317 e. The highest BCUT2D eigenvalue weighted by molar-refractivity contribution is 6.30. The van der Waals surface area contributed by atoms with E-state index in [1.54, 1.807) is 30.3 Å². The van der Waals surface area contributed by atoms with Crippen LogP contribution in [0, 0.1) is 0 Å². The zero-order chi connectivity index (χ0) is 18.2. The van der Waals surface area contributed by atoms with Gasteiger partial charge in [-0.15, -0.1) is 0 Å². The van der Waals surface area contributed by atoms with Gasteiger partial charge in [0.2, 0.25) is 0 Å². The standard InChI is InChI=1S/C18H24ClN3O3/c1-21(2)16(17-8-5-10-25-17)13-20-18(23)22(3)9-11-24-15-7-4-6-14(19)12-15/h4-8,10,12,16H,9,11,13H2,1-3H3,(H,20,23). The number of ether oxygens (including phenoxy) is 1. The second kappa shape index (κ2) is 9.34. The summed E-state index contributed by atoms with van der Waals surface area (Å²) in [5.41, 5.74) is 0. The molecule has 0 aliphatic heterocycles. The Morgan fingerprint density at radius 3 is 2.72 bits per heavy atom. The van der Waals surface area contributed by atoms with Crippen LogP contribution in [-0.4, -0.2) is 56.7 Å². The molecule has 25 heavy (non-hydrogen) atoms. The van der Waals surface area contributed by atoms with E-state index < -0.39 is 0 Å². The van der Waals surface area contributed by atoms with Gasteiger partial charge in [0.25, 0.3) is 0 Å². The van der Waals surface area contributed by atoms with Crippen molar-refractivity contribution >= 4 is 17.6 Å². The lowest BCUT2D eigenvalue weighted by Gasteiger charge is -2.24. The fourth-order valence-electron chi connectivity index (χ4n) is 2.30. The third-order valence-electron chi connectivity index (χ3n) is 3.78. The first-order valence-corrected chi connectivity index (χ1v) is 8.42. The minimum atomic E-state index is -0.159. The molecule has 0 fully saturated rings. The SMILES string of the molecule is CN(CCOc1cccc(Cl)c1)C(=O)NCC(c1ccco1)N(C)C. The van der Waals surface area contributed by atoms with Gasteiger partial charge in [-0.05, 0) is 44.4 Å². The van der Waals surface area contributed by atoms with Crippen molar-refractivity contribution in [1.29, 1.82) is 0 Å². The Hall–Kier alpha value is -2.18. The van der Waals surface area contributed by atoms with E-state index in [1.807, 2.05) is 43.3 Å². The zero-order valence-corrected chi connectivity index (χ0v) is 15.5. The van der Waals surface area contributed by atoms with Gasteiger partial charge in [0.05, 0.1) is 18.8 Å². The average Bonchev–Trinajstić information content (AvgIpc) is 3.08. The Kier molecular flexibility index (Phi) is 7.16. The van der Waals surface area contributed by atoms with Crippen LogP contribution in [0.3, 0.4) is 0 Å². The van der Waals surface area contributed by atoms with Crippen molar-refractivity contribution in [3.05, 3.63) is 53.4 Å². The largest absolute Gasteiger partial charge is 0.492 e. The summed E-state index contributed by atoms with van der Waals surface area (Å²) in [6, 6.07) is 10.7. The number of carbonyl (C=O) groups is 1. The number of urea groups is 1. The molecule has 0 aliphatic carbocycles. The Balaban J connectivity index is 1.76. The number of likely N-dealkylation sites (N-methyl/N-ethyl adjacent to an activating group) is 2. The number of nitrogens with one attached hydrogen (secondary N) is 1. The fraction of sp³-hybridized carbons (Fsp3) is 0.389. The zero-order valence-electron chi connectivity index (χ0n) is 14.7. The van der Waals surface area contributed by atoms with Crippen LogP contribution < -0.4 is 10.1 Å². The van der Waals surface area contributed by atoms with Gasteiger partial charge in [0, 0.05) is 18.6 Å². The monoisotopic (exact) mass is 365 g/mol. The minimum absolute atomic E-state index is 0.0185. The highest BCUT2D eigenvalue weighted by atomic mass is 35.5. The summed E-state index contributed by atoms with van der Waals surface area (Å²) in [7, 11) is 5.62. The van der Waals surface area contributed by atoms with Gasteiger partial charge in [0.15, 0.2) is 0 Å². The lowest BCUT2D eigenvalue weighted by atomic mass is 10.2. The molecule has 2 rings (SSSR count). The molecule has 0 saturated heterocycles. The van der Waals surface area contributed by atoms with E-state index in [0.717, 1.165) is 5.76 Å². The second-order valence-corrected chi connectivity index (χ2v) is 6.34. The van der Waals surface area contributed by atoms with Crippen LogP contribution >= 0.6 is 11.6 Å². The van der Waals surface area contributed by atoms with E-state index >= 15 is 0 Å². The van der Waals surface area contributed by atoms with E-state index in [9.17, 15) is 4.79 Å². The number of carbonyl (C=O) groups excluding carboxylic acids is 1. The van der Waals surface area contributed by atoms with Crippen LogP contribution in [-0.2, 0) is 0 Å². The van der Waals surface area contributed by atoms with Crippen molar-refractivity contribution in [3.8, 4) is 5.75 Å². The summed E-state index contributed by atoms with van der Waals surface area (Å²) >= 11 is 5.91. The molecule has 0 aliphatic rings. The van der Waals surface area contributed by atoms with Crippen molar-refractivity contribution in [1.82, 2.24) is 15.1 Å². The van der Waals surface area contributed by atoms with Crippen molar-refractivity contribution in [2.75, 3.05) is 40.8 Å². The molecule has 1 heterocycles. The molecule has 136 valence electrons. The number of rotatable bonds is 8. The van der Waals surface area contributed by atoms with Crippen molar-refractivity contribution in [2.24, 2.45) is 0 Å². The van der Waals surface area contributed by atoms with E-state index in [-0.39, 0.29) is 12.1 Å². The Morgan fingerprint density at radius 2 is 2.08 bits per heavy atom. The summed E-state index contributed by atoms with van der Waals surface area (Å²) in [6.45, 7) is 1.31. The first kappa shape index (κ1) is 19.1. The Bertz CT molecular complexity index is 661. The third-order valence-corrected chi connectivity index (χ3v) is 4.01. The van der Waals surface area contributed by atoms with Crippen LogP contribution in [0.2, 0.25) is 5.02 Å². The third kappa shape index (κ3) is 5.99. The molecule has 7 heteroatoms. The lowest BCUT2D eigenvalue weighted by Crippen LogP contribution is -2.42. The average molecular weight is 366 g/mol. The summed E-state index contributed by atoms with van der Waals surface area (Å²) < 4.78 is 11.0. The molecule has 0 radical (unpaired) electrons. The molecule has 0 spiro atoms. The molecule has 2 aromatic rings. The summed E-state index contributed by atoms with van der Waals surface area (Å²) in [6.07, 6.45) is 1.63. The van der Waals surface area contributed by atoms with Gasteiger partial charge in [0.1, 0.15) is 18.1 Å². The van der Waals surface area contributed by atoms with Gasteiger partial charge in [-0.2, -0.15) is 0 Å². The first-order valence-electron chi connectivity index (χ1n) is 8.04. The summed E-state index contributed by atoms with van der Waals surface area (Å²) in [5, 5.41) is 3.54. The predicted octanol–water partition coefficient (Wildman–Crippen LogP) is 3.26. The predicted molar refractivity (Wildman–Crippen MR) is 98.1 cm³/mol. The maximum Gasteiger partial charge on any atom is 0.317 e. The first-order chi connectivity index (χ1) is 12.0. The van der Waals surface area contributed by atoms with Gasteiger partial charge < -0.3 is 19.4 Å². The molecule has 1 unspecified atom stereocenters. The maximum absolute atomic E-state index is 12.2. The molecule has 1 atom stereocenters. The van der Waals surface area contributed by atoms with Crippen LogP contribution in [0.4, 0.5) is 4.79 Å². The van der Waals surface area contributed by atoms with Crippen molar-refractivity contribution < 1.29 is 13.9 Å². The molecule has 1 N–H and O–H groups in total. The number of benzene rings is 1. The van der Waals surface area contributed by atoms with E-state index in [0.29, 0.717) is 30.5 Å². The molecular formula is C18H24ClN3O3. The number of hydrogen-bond acceptors (Lipinski definition) is 4. The molecule has 6 nitrogen and oxygen atoms in total. The Morgan fingerprint density at radius 1 is 1.28 bits per heavy atom. The van der Waals surface area contributed by atoms with Crippen LogP contribution in [0.1, 0.15) is 11.8 Å². The van der Waals surface area contributed by atoms with E-state index in [2.05, 4.69) is 5.32 Å². The fourth-order valence-corrected chi connectivity index (χ4v) is 2.48. The number of halogens is 1. The lowest BCUT2D eigenvalue weighted by molar-refractivity contribution is 0.188. The highest BCUT2D eigenvalue weighted by Gasteiger charge is 2.18. The molecule has 0 bridgehead atoms. The van der Waals surface area contributed by atoms with Crippen molar-refractivity contribution in [3.63, 3.8) is 0 Å². The van der Waals surface area contributed by atoms with Crippen LogP contribution in [0.5, 0.6) is 5.75 Å². The van der Waals surface area contributed by atoms with Gasteiger partial charge >= 0.3 is 6.03 Å². The second-order valence-electron chi connectivity index (χ2n) is 5.91. The number of nitrogens with zero attached hydrogens (tertiary/aromatic N) is 2. The van der Waals surface area contributed by atoms with Crippen LogP contribution in [0.15, 0.2) is 47.1 Å². The molecule has 0 saturated carbocycles. The van der Waals surface area contributed by atoms with Crippen molar-refractivity contribution in [2.45, 2.75) is 6.04 Å². The summed E-state index contributed by atoms with van der Waals surface area (Å²) in [4.78, 5) is 15.8. The minimum Gasteiger partial charge on any atom is -0.492 e. The maximum atomic E-state index is 12.2. The number of amides is 2. The quantitative estimate of drug-likeness (QED) is 0.780. The van der Waals surface area contributed by atoms with E-state index in [4.69, 9.17) is 20.8 Å². The van der Waals surface area contributed by atoms with Gasteiger partial charge in [-0.25, -0.2) is 4.79 Å². The molecule has 1 aromatic carbocycles. The number of furan rings is 1. The molecule has 1 aromatic heterocycles. The molecular weight excluding hydrogens is 342 g/mol. The normalized spacial score (nSPS) is 12.0. The topological polar surface area (TPSA) is 58.0 Å². The number of hydrogen-bond donors (Lipinski definition) is 1. The molecule has 2 amide bonds. The summed E-state index contributed by atoms with van der Waals surface area (Å²) in [5.74, 6) is 1.50. The van der Waals surface area contributed by atoms with Gasteiger partial charge in [-0.1, -0.05) is 17.7 Å². The highest BCUT2D eigenvalue weighted by Crippen LogP contribution is 2.18. The van der Waals surface area contributed by atoms with Crippen LogP contribution in [0.25, 0.3) is 0 Å². The van der Waals surface area contributed by atoms with E-state index in [1.165, 1.54) is 0 Å².